The molecule has 0 amide bonds. The molecule has 2 nitrogen and oxygen atoms in total. The highest BCUT2D eigenvalue weighted by atomic mass is 15.1. The molecule has 4 rings (SSSR count). The Bertz CT molecular complexity index is 977. The van der Waals surface area contributed by atoms with Crippen LogP contribution in [0.4, 0.5) is 11.4 Å². The summed E-state index contributed by atoms with van der Waals surface area (Å²) in [6.45, 7) is 19.2. The molecule has 0 N–H and O–H groups in total. The second kappa shape index (κ2) is 11.6. The third-order valence-electron chi connectivity index (χ3n) is 8.84. The lowest BCUT2D eigenvalue weighted by atomic mass is 9.33. The van der Waals surface area contributed by atoms with E-state index in [2.05, 4.69) is 103 Å². The van der Waals surface area contributed by atoms with Gasteiger partial charge < -0.3 is 4.81 Å². The summed E-state index contributed by atoms with van der Waals surface area (Å²) in [5, 5.41) is 0. The third-order valence-corrected chi connectivity index (χ3v) is 8.84. The SMILES string of the molecule is CC(C)c1cccc(C(C)C)c1N=CN(B1C2CCCC1CCC2)c1c(C(C)C)cccc1C(C)C. The lowest BCUT2D eigenvalue weighted by Gasteiger charge is -2.46. The van der Waals surface area contributed by atoms with Crippen molar-refractivity contribution < 1.29 is 0 Å². The molecule has 2 saturated heterocycles. The van der Waals surface area contributed by atoms with Crippen LogP contribution in [0.25, 0.3) is 0 Å². The van der Waals surface area contributed by atoms with Gasteiger partial charge in [0, 0.05) is 5.69 Å². The van der Waals surface area contributed by atoms with E-state index in [9.17, 15) is 0 Å². The summed E-state index contributed by atoms with van der Waals surface area (Å²) < 4.78 is 0. The van der Waals surface area contributed by atoms with Crippen LogP contribution in [0.15, 0.2) is 41.4 Å². The first-order valence-corrected chi connectivity index (χ1v) is 14.8. The molecule has 3 heteroatoms. The van der Waals surface area contributed by atoms with Gasteiger partial charge in [-0.05, 0) is 57.6 Å². The Morgan fingerprint density at radius 3 is 1.44 bits per heavy atom. The predicted octanol–water partition coefficient (Wildman–Crippen LogP) is 10.4. The third kappa shape index (κ3) is 5.46. The maximum atomic E-state index is 5.43. The number of fused-ring (bicyclic) bond motifs is 2. The molecular weight excluding hydrogens is 435 g/mol. The van der Waals surface area contributed by atoms with Crippen molar-refractivity contribution in [3.05, 3.63) is 58.7 Å². The van der Waals surface area contributed by atoms with Gasteiger partial charge in [-0.2, -0.15) is 0 Å². The molecule has 2 aliphatic heterocycles. The van der Waals surface area contributed by atoms with Crippen molar-refractivity contribution in [2.24, 2.45) is 4.99 Å². The monoisotopic (exact) mass is 484 g/mol. The molecule has 0 saturated carbocycles. The van der Waals surface area contributed by atoms with Gasteiger partial charge in [0.1, 0.15) is 0 Å². The lowest BCUT2D eigenvalue weighted by Crippen LogP contribution is -2.50. The summed E-state index contributed by atoms with van der Waals surface area (Å²) in [6, 6.07) is 13.8. The lowest BCUT2D eigenvalue weighted by molar-refractivity contribution is 0.442. The van der Waals surface area contributed by atoms with E-state index in [-0.39, 0.29) is 0 Å². The highest BCUT2D eigenvalue weighted by Gasteiger charge is 2.44. The van der Waals surface area contributed by atoms with Crippen LogP contribution in [-0.2, 0) is 0 Å². The summed E-state index contributed by atoms with van der Waals surface area (Å²) in [5.41, 5.74) is 8.31. The number of hydrogen-bond donors (Lipinski definition) is 0. The number of anilines is 1. The second-order valence-corrected chi connectivity index (χ2v) is 12.7. The second-order valence-electron chi connectivity index (χ2n) is 12.7. The van der Waals surface area contributed by atoms with Crippen molar-refractivity contribution in [2.45, 2.75) is 129 Å². The van der Waals surface area contributed by atoms with Crippen LogP contribution in [0.2, 0.25) is 11.6 Å². The summed E-state index contributed by atoms with van der Waals surface area (Å²) in [7, 11) is 0. The maximum absolute atomic E-state index is 5.43. The zero-order chi connectivity index (χ0) is 26.0. The summed E-state index contributed by atoms with van der Waals surface area (Å²) in [5.74, 6) is 3.41. The van der Waals surface area contributed by atoms with Gasteiger partial charge in [0.05, 0.1) is 12.0 Å². The van der Waals surface area contributed by atoms with E-state index in [0.717, 1.165) is 11.6 Å². The van der Waals surface area contributed by atoms with Crippen LogP contribution >= 0.6 is 0 Å². The van der Waals surface area contributed by atoms with Gasteiger partial charge >= 0.3 is 0 Å². The highest BCUT2D eigenvalue weighted by Crippen LogP contribution is 2.50. The van der Waals surface area contributed by atoms with Gasteiger partial charge in [0.15, 0.2) is 0 Å². The van der Waals surface area contributed by atoms with Crippen molar-refractivity contribution >= 4 is 24.6 Å². The molecule has 0 aliphatic carbocycles. The van der Waals surface area contributed by atoms with E-state index >= 15 is 0 Å². The largest absolute Gasteiger partial charge is 0.377 e. The van der Waals surface area contributed by atoms with Crippen LogP contribution in [0.5, 0.6) is 0 Å². The minimum atomic E-state index is 0.451. The number of para-hydroxylation sites is 2. The molecule has 0 aromatic heterocycles. The molecule has 36 heavy (non-hydrogen) atoms. The molecule has 2 bridgehead atoms. The minimum absolute atomic E-state index is 0.451. The van der Waals surface area contributed by atoms with Crippen molar-refractivity contribution in [1.82, 2.24) is 0 Å². The van der Waals surface area contributed by atoms with Gasteiger partial charge in [-0.3, -0.25) is 0 Å². The first-order valence-electron chi connectivity index (χ1n) is 14.8. The first-order chi connectivity index (χ1) is 17.2. The molecule has 0 atom stereocenters. The molecule has 2 aromatic carbocycles. The van der Waals surface area contributed by atoms with Gasteiger partial charge in [0.25, 0.3) is 6.85 Å². The normalized spacial score (nSPS) is 20.4. The van der Waals surface area contributed by atoms with E-state index in [1.54, 1.807) is 0 Å². The number of benzene rings is 2. The van der Waals surface area contributed by atoms with Crippen LogP contribution in [-0.4, -0.2) is 13.2 Å². The highest BCUT2D eigenvalue weighted by molar-refractivity contribution is 6.70. The summed E-state index contributed by atoms with van der Waals surface area (Å²) >= 11 is 0. The van der Waals surface area contributed by atoms with Crippen LogP contribution in [0.3, 0.4) is 0 Å². The Labute approximate surface area is 222 Å². The molecule has 194 valence electrons. The molecular formula is C33H49BN2. The molecule has 0 radical (unpaired) electrons. The fraction of sp³-hybridized carbons (Fsp3) is 0.606. The average molecular weight is 485 g/mol. The first kappa shape index (κ1) is 27.0. The Hall–Kier alpha value is -2.03. The van der Waals surface area contributed by atoms with E-state index in [4.69, 9.17) is 4.99 Å². The molecule has 2 aliphatic rings. The topological polar surface area (TPSA) is 15.6 Å². The number of aliphatic imine (C=N–C) groups is 1. The minimum Gasteiger partial charge on any atom is -0.377 e. The summed E-state index contributed by atoms with van der Waals surface area (Å²) in [6.07, 6.45) is 10.5. The predicted molar refractivity (Wildman–Crippen MR) is 161 cm³/mol. The van der Waals surface area contributed by atoms with E-state index in [0.29, 0.717) is 30.5 Å². The van der Waals surface area contributed by atoms with Gasteiger partial charge in [-0.1, -0.05) is 130 Å². The maximum Gasteiger partial charge on any atom is 0.267 e. The number of nitrogens with zero attached hydrogens (tertiary/aromatic N) is 2. The Balaban J connectivity index is 1.93. The quantitative estimate of drug-likeness (QED) is 0.207. The van der Waals surface area contributed by atoms with Crippen LogP contribution < -0.4 is 4.81 Å². The molecule has 2 fully saturated rings. The van der Waals surface area contributed by atoms with Gasteiger partial charge in [0.2, 0.25) is 0 Å². The fourth-order valence-electron chi connectivity index (χ4n) is 6.97. The van der Waals surface area contributed by atoms with E-state index in [1.807, 2.05) is 0 Å². The zero-order valence-corrected chi connectivity index (χ0v) is 24.2. The fourth-order valence-corrected chi connectivity index (χ4v) is 6.97. The molecule has 0 spiro atoms. The van der Waals surface area contributed by atoms with Crippen LogP contribution in [0.1, 0.15) is 140 Å². The van der Waals surface area contributed by atoms with Gasteiger partial charge in [-0.15, -0.1) is 0 Å². The van der Waals surface area contributed by atoms with Crippen LogP contribution in [0, 0.1) is 0 Å². The Morgan fingerprint density at radius 2 is 1.06 bits per heavy atom. The van der Waals surface area contributed by atoms with Crippen molar-refractivity contribution in [2.75, 3.05) is 4.81 Å². The smallest absolute Gasteiger partial charge is 0.267 e. The molecule has 2 aromatic rings. The number of rotatable bonds is 8. The molecule has 0 unspecified atom stereocenters. The summed E-state index contributed by atoms with van der Waals surface area (Å²) in [4.78, 5) is 8.12. The van der Waals surface area contributed by atoms with E-state index in [1.165, 1.54) is 72.2 Å². The van der Waals surface area contributed by atoms with Crippen molar-refractivity contribution in [3.63, 3.8) is 0 Å². The average Bonchev–Trinajstić information content (AvgIpc) is 2.83. The number of hydrogen-bond acceptors (Lipinski definition) is 1. The Morgan fingerprint density at radius 1 is 0.667 bits per heavy atom. The molecule has 2 heterocycles. The van der Waals surface area contributed by atoms with E-state index < -0.39 is 0 Å². The van der Waals surface area contributed by atoms with Crippen molar-refractivity contribution in [1.29, 1.82) is 0 Å². The standard InChI is InChI=1S/C33H49BN2/c1-22(2)28-17-11-18-29(23(3)4)32(28)35-21-36(34-26-13-9-14-27(34)16-10-15-26)33-30(24(5)6)19-12-20-31(33)25(7)8/h11-12,17-27H,9-10,13-16H2,1-8H3. The Kier molecular flexibility index (Phi) is 8.69. The zero-order valence-electron chi connectivity index (χ0n) is 24.2. The van der Waals surface area contributed by atoms with Crippen molar-refractivity contribution in [3.8, 4) is 0 Å². The van der Waals surface area contributed by atoms with Gasteiger partial charge in [-0.25, -0.2) is 4.99 Å².